The maximum absolute atomic E-state index is 4.88. The van der Waals surface area contributed by atoms with E-state index in [1.54, 1.807) is 0 Å². The fourth-order valence-electron chi connectivity index (χ4n) is 3.29. The quantitative estimate of drug-likeness (QED) is 0.680. The number of aromatic nitrogens is 1. The number of benzene rings is 2. The fourth-order valence-corrected chi connectivity index (χ4v) is 3.29. The summed E-state index contributed by atoms with van der Waals surface area (Å²) in [6, 6.07) is 17.0. The normalized spacial score (nSPS) is 14.8. The largest absolute Gasteiger partial charge is 0.329 e. The summed E-state index contributed by atoms with van der Waals surface area (Å²) in [4.78, 5) is 11.3. The van der Waals surface area contributed by atoms with Crippen molar-refractivity contribution >= 4 is 22.3 Å². The second-order valence-electron chi connectivity index (χ2n) is 5.91. The number of hydrogen-bond donors (Lipinski definition) is 0. The summed E-state index contributed by atoms with van der Waals surface area (Å²) in [5, 5.41) is 2.61. The van der Waals surface area contributed by atoms with Crippen LogP contribution in [0.2, 0.25) is 0 Å². The number of amidine groups is 1. The predicted octanol–water partition coefficient (Wildman–Crippen LogP) is 4.06. The first-order valence-corrected chi connectivity index (χ1v) is 8.04. The third kappa shape index (κ3) is 2.48. The molecule has 114 valence electrons. The third-order valence-electron chi connectivity index (χ3n) is 4.41. The van der Waals surface area contributed by atoms with Gasteiger partial charge in [-0.25, -0.2) is 0 Å². The molecule has 23 heavy (non-hydrogen) atoms. The van der Waals surface area contributed by atoms with Gasteiger partial charge in [-0.3, -0.25) is 9.98 Å². The standard InChI is InChI=1S/C20H19N3/c1-23-18-11-3-9-16-8-2-10-17(19(16)18)20(23)22-13-5-7-15-6-4-12-21-14-15/h2-4,6,8-12,14H,5,7,13H2,1H3. The predicted molar refractivity (Wildman–Crippen MR) is 96.3 cm³/mol. The van der Waals surface area contributed by atoms with Crippen LogP contribution in [0.3, 0.4) is 0 Å². The Morgan fingerprint density at radius 3 is 2.74 bits per heavy atom. The molecule has 0 N–H and O–H groups in total. The molecular formula is C20H19N3. The minimum Gasteiger partial charge on any atom is -0.329 e. The van der Waals surface area contributed by atoms with Crippen LogP contribution >= 0.6 is 0 Å². The highest BCUT2D eigenvalue weighted by Crippen LogP contribution is 2.36. The highest BCUT2D eigenvalue weighted by atomic mass is 15.2. The Morgan fingerprint density at radius 2 is 1.91 bits per heavy atom. The van der Waals surface area contributed by atoms with Crippen molar-refractivity contribution in [2.24, 2.45) is 4.99 Å². The van der Waals surface area contributed by atoms with Crippen LogP contribution < -0.4 is 4.90 Å². The van der Waals surface area contributed by atoms with Gasteiger partial charge < -0.3 is 4.90 Å². The second kappa shape index (κ2) is 5.84. The maximum Gasteiger partial charge on any atom is 0.135 e. The number of aliphatic imine (C=N–C) groups is 1. The molecule has 4 rings (SSSR count). The van der Waals surface area contributed by atoms with E-state index in [-0.39, 0.29) is 0 Å². The lowest BCUT2D eigenvalue weighted by Crippen LogP contribution is -2.22. The van der Waals surface area contributed by atoms with Crippen LogP contribution in [-0.2, 0) is 6.42 Å². The van der Waals surface area contributed by atoms with E-state index in [1.165, 1.54) is 27.6 Å². The molecular weight excluding hydrogens is 282 g/mol. The summed E-state index contributed by atoms with van der Waals surface area (Å²) in [5.41, 5.74) is 3.78. The second-order valence-corrected chi connectivity index (χ2v) is 5.91. The average Bonchev–Trinajstić information content (AvgIpc) is 2.87. The van der Waals surface area contributed by atoms with Gasteiger partial charge >= 0.3 is 0 Å². The van der Waals surface area contributed by atoms with Crippen LogP contribution in [0.4, 0.5) is 5.69 Å². The van der Waals surface area contributed by atoms with Crippen molar-refractivity contribution in [3.05, 3.63) is 72.1 Å². The van der Waals surface area contributed by atoms with Gasteiger partial charge in [-0.1, -0.05) is 36.4 Å². The Kier molecular flexibility index (Phi) is 3.54. The molecule has 1 aliphatic heterocycles. The first-order chi connectivity index (χ1) is 11.3. The van der Waals surface area contributed by atoms with Gasteiger partial charge in [-0.15, -0.1) is 0 Å². The third-order valence-corrected chi connectivity index (χ3v) is 4.41. The highest BCUT2D eigenvalue weighted by molar-refractivity contribution is 6.26. The molecule has 3 nitrogen and oxygen atoms in total. The molecule has 0 saturated carbocycles. The summed E-state index contributed by atoms with van der Waals surface area (Å²) in [6.45, 7) is 0.832. The minimum atomic E-state index is 0.832. The molecule has 0 saturated heterocycles. The van der Waals surface area contributed by atoms with Gasteiger partial charge in [0.25, 0.3) is 0 Å². The number of rotatable bonds is 4. The molecule has 0 bridgehead atoms. The number of anilines is 1. The lowest BCUT2D eigenvalue weighted by Gasteiger charge is -2.14. The minimum absolute atomic E-state index is 0.832. The Morgan fingerprint density at radius 1 is 1.04 bits per heavy atom. The van der Waals surface area contributed by atoms with Crippen LogP contribution in [0, 0.1) is 0 Å². The molecule has 0 amide bonds. The van der Waals surface area contributed by atoms with Crippen LogP contribution in [-0.4, -0.2) is 24.4 Å². The molecule has 2 aromatic carbocycles. The highest BCUT2D eigenvalue weighted by Gasteiger charge is 2.24. The van der Waals surface area contributed by atoms with Crippen LogP contribution in [0.25, 0.3) is 10.8 Å². The maximum atomic E-state index is 4.88. The number of nitrogens with zero attached hydrogens (tertiary/aromatic N) is 3. The van der Waals surface area contributed by atoms with E-state index in [0.29, 0.717) is 0 Å². The number of hydrogen-bond acceptors (Lipinski definition) is 2. The fraction of sp³-hybridized carbons (Fsp3) is 0.200. The molecule has 1 aromatic heterocycles. The van der Waals surface area contributed by atoms with Crippen LogP contribution in [0.15, 0.2) is 65.9 Å². The van der Waals surface area contributed by atoms with E-state index in [1.807, 2.05) is 18.5 Å². The van der Waals surface area contributed by atoms with Crippen molar-refractivity contribution in [3.8, 4) is 0 Å². The Hall–Kier alpha value is -2.68. The molecule has 0 unspecified atom stereocenters. The zero-order valence-corrected chi connectivity index (χ0v) is 13.2. The lowest BCUT2D eigenvalue weighted by atomic mass is 10.1. The SMILES string of the molecule is CN1C(=NCCCc2cccnc2)c2cccc3cccc1c23. The average molecular weight is 301 g/mol. The van der Waals surface area contributed by atoms with E-state index in [9.17, 15) is 0 Å². The molecule has 0 aliphatic carbocycles. The van der Waals surface area contributed by atoms with Crippen LogP contribution in [0.1, 0.15) is 17.5 Å². The van der Waals surface area contributed by atoms with E-state index in [2.05, 4.69) is 59.4 Å². The van der Waals surface area contributed by atoms with Crippen molar-refractivity contribution in [2.75, 3.05) is 18.5 Å². The lowest BCUT2D eigenvalue weighted by molar-refractivity contribution is 0.828. The molecule has 1 aliphatic rings. The van der Waals surface area contributed by atoms with Gasteiger partial charge in [-0.2, -0.15) is 0 Å². The van der Waals surface area contributed by atoms with E-state index in [4.69, 9.17) is 4.99 Å². The molecule has 3 heteroatoms. The summed E-state index contributed by atoms with van der Waals surface area (Å²) in [6.07, 6.45) is 5.81. The zero-order valence-electron chi connectivity index (χ0n) is 13.2. The topological polar surface area (TPSA) is 28.5 Å². The van der Waals surface area contributed by atoms with E-state index in [0.717, 1.165) is 25.2 Å². The van der Waals surface area contributed by atoms with E-state index < -0.39 is 0 Å². The Balaban J connectivity index is 1.55. The van der Waals surface area contributed by atoms with Crippen molar-refractivity contribution in [1.82, 2.24) is 4.98 Å². The molecule has 2 heterocycles. The van der Waals surface area contributed by atoms with Gasteiger partial charge in [0.05, 0.1) is 5.69 Å². The molecule has 0 fully saturated rings. The monoisotopic (exact) mass is 301 g/mol. The van der Waals surface area contributed by atoms with Crippen LogP contribution in [0.5, 0.6) is 0 Å². The molecule has 0 radical (unpaired) electrons. The summed E-state index contributed by atoms with van der Waals surface area (Å²) in [7, 11) is 2.11. The number of pyridine rings is 1. The first kappa shape index (κ1) is 13.9. The van der Waals surface area contributed by atoms with E-state index >= 15 is 0 Å². The first-order valence-electron chi connectivity index (χ1n) is 8.04. The van der Waals surface area contributed by atoms with Gasteiger partial charge in [0, 0.05) is 36.9 Å². The summed E-state index contributed by atoms with van der Waals surface area (Å²) >= 11 is 0. The Bertz CT molecular complexity index is 863. The number of aryl methyl sites for hydroxylation is 1. The van der Waals surface area contributed by atoms with Crippen molar-refractivity contribution in [2.45, 2.75) is 12.8 Å². The van der Waals surface area contributed by atoms with Gasteiger partial charge in [0.1, 0.15) is 5.84 Å². The summed E-state index contributed by atoms with van der Waals surface area (Å²) < 4.78 is 0. The van der Waals surface area contributed by atoms with Crippen molar-refractivity contribution in [1.29, 1.82) is 0 Å². The summed E-state index contributed by atoms with van der Waals surface area (Å²) in [5.74, 6) is 1.09. The van der Waals surface area contributed by atoms with Gasteiger partial charge in [-0.05, 0) is 35.9 Å². The molecule has 0 spiro atoms. The molecule has 3 aromatic rings. The van der Waals surface area contributed by atoms with Crippen molar-refractivity contribution in [3.63, 3.8) is 0 Å². The Labute approximate surface area is 136 Å². The zero-order chi connectivity index (χ0) is 15.6. The van der Waals surface area contributed by atoms with Gasteiger partial charge in [0.15, 0.2) is 0 Å². The smallest absolute Gasteiger partial charge is 0.135 e. The van der Waals surface area contributed by atoms with Gasteiger partial charge in [0.2, 0.25) is 0 Å². The molecule has 0 atom stereocenters. The van der Waals surface area contributed by atoms with Crippen molar-refractivity contribution < 1.29 is 0 Å².